The first-order valence-corrected chi connectivity index (χ1v) is 7.92. The lowest BCUT2D eigenvalue weighted by Gasteiger charge is -2.34. The van der Waals surface area contributed by atoms with Gasteiger partial charge in [-0.3, -0.25) is 4.98 Å². The highest BCUT2D eigenvalue weighted by Gasteiger charge is 2.27. The van der Waals surface area contributed by atoms with E-state index in [-0.39, 0.29) is 0 Å². The Bertz CT molecular complexity index is 464. The van der Waals surface area contributed by atoms with E-state index in [1.807, 2.05) is 32.9 Å². The van der Waals surface area contributed by atoms with Gasteiger partial charge in [-0.05, 0) is 52.2 Å². The Morgan fingerprint density at radius 1 is 1.27 bits per heavy atom. The zero-order chi connectivity index (χ0) is 15.8. The Hall–Kier alpha value is -1.46. The molecule has 1 saturated heterocycles. The molecule has 0 radical (unpaired) electrons. The number of hydrogen-bond donors (Lipinski definition) is 0. The molecule has 1 aromatic rings. The van der Waals surface area contributed by atoms with Crippen LogP contribution in [0, 0.1) is 5.92 Å². The molecular weight excluding hydrogens is 280 g/mol. The van der Waals surface area contributed by atoms with Gasteiger partial charge < -0.3 is 14.3 Å². The largest absolute Gasteiger partial charge is 0.396 e. The maximum Gasteiger partial charge on any atom is 0.162 e. The molecule has 5 heteroatoms. The number of unbranched alkanes of at least 4 members (excludes halogenated alkanes) is 1. The molecule has 0 saturated carbocycles. The van der Waals surface area contributed by atoms with Crippen LogP contribution in [0.3, 0.4) is 0 Å². The molecular formula is C17H26N2O3. The van der Waals surface area contributed by atoms with Gasteiger partial charge in [0.05, 0.1) is 18.9 Å². The molecule has 0 atom stereocenters. The number of aromatic nitrogens is 1. The van der Waals surface area contributed by atoms with Crippen molar-refractivity contribution >= 4 is 5.71 Å². The molecule has 1 aliphatic rings. The number of rotatable bonds is 7. The topological polar surface area (TPSA) is 52.9 Å². The predicted molar refractivity (Wildman–Crippen MR) is 85.7 cm³/mol. The summed E-state index contributed by atoms with van der Waals surface area (Å²) in [5.41, 5.74) is 1.91. The molecule has 0 unspecified atom stereocenters. The summed E-state index contributed by atoms with van der Waals surface area (Å²) in [5.74, 6) is 0.0776. The molecule has 22 heavy (non-hydrogen) atoms. The van der Waals surface area contributed by atoms with E-state index in [0.29, 0.717) is 12.5 Å². The summed E-state index contributed by atoms with van der Waals surface area (Å²) in [4.78, 5) is 9.36. The molecule has 1 fully saturated rings. The Kier molecular flexibility index (Phi) is 6.34. The van der Waals surface area contributed by atoms with Crippen LogP contribution in [0.5, 0.6) is 0 Å². The van der Waals surface area contributed by atoms with Crippen LogP contribution in [-0.4, -0.2) is 36.3 Å². The molecule has 2 rings (SSSR count). The second-order valence-electron chi connectivity index (χ2n) is 6.13. The molecule has 0 aromatic carbocycles. The maximum absolute atomic E-state index is 5.66. The molecule has 0 spiro atoms. The van der Waals surface area contributed by atoms with Gasteiger partial charge in [-0.1, -0.05) is 5.16 Å². The van der Waals surface area contributed by atoms with E-state index < -0.39 is 5.79 Å². The van der Waals surface area contributed by atoms with Gasteiger partial charge in [-0.2, -0.15) is 0 Å². The molecule has 0 N–H and O–H groups in total. The fourth-order valence-electron chi connectivity index (χ4n) is 2.28. The smallest absolute Gasteiger partial charge is 0.162 e. The molecule has 0 amide bonds. The van der Waals surface area contributed by atoms with Crippen LogP contribution in [0.4, 0.5) is 0 Å². The molecule has 1 aromatic heterocycles. The summed E-state index contributed by atoms with van der Waals surface area (Å²) in [7, 11) is 0. The number of ether oxygens (including phenoxy) is 2. The fourth-order valence-corrected chi connectivity index (χ4v) is 2.28. The lowest BCUT2D eigenvalue weighted by atomic mass is 10.0. The zero-order valence-electron chi connectivity index (χ0n) is 13.7. The van der Waals surface area contributed by atoms with Crippen molar-refractivity contribution in [2.75, 3.05) is 19.8 Å². The van der Waals surface area contributed by atoms with E-state index in [4.69, 9.17) is 14.3 Å². The summed E-state index contributed by atoms with van der Waals surface area (Å²) in [6.07, 6.45) is 6.70. The summed E-state index contributed by atoms with van der Waals surface area (Å²) in [6.45, 7) is 8.07. The van der Waals surface area contributed by atoms with E-state index in [9.17, 15) is 0 Å². The Morgan fingerprint density at radius 2 is 1.95 bits per heavy atom. The van der Waals surface area contributed by atoms with Crippen LogP contribution in [0.1, 0.15) is 45.6 Å². The monoisotopic (exact) mass is 306 g/mol. The first kappa shape index (κ1) is 16.9. The Morgan fingerprint density at radius 3 is 2.64 bits per heavy atom. The molecule has 5 nitrogen and oxygen atoms in total. The average Bonchev–Trinajstić information content (AvgIpc) is 2.52. The molecule has 122 valence electrons. The fraction of sp³-hybridized carbons (Fsp3) is 0.647. The van der Waals surface area contributed by atoms with Gasteiger partial charge in [-0.15, -0.1) is 0 Å². The van der Waals surface area contributed by atoms with Crippen LogP contribution >= 0.6 is 0 Å². The van der Waals surface area contributed by atoms with Crippen molar-refractivity contribution < 1.29 is 14.3 Å². The van der Waals surface area contributed by atoms with Gasteiger partial charge in [0.15, 0.2) is 5.79 Å². The summed E-state index contributed by atoms with van der Waals surface area (Å²) in [6, 6.07) is 3.85. The van der Waals surface area contributed by atoms with E-state index in [0.717, 1.165) is 43.8 Å². The minimum Gasteiger partial charge on any atom is -0.396 e. The Labute approximate surface area is 132 Å². The van der Waals surface area contributed by atoms with Gasteiger partial charge in [0.25, 0.3) is 0 Å². The number of hydrogen-bond acceptors (Lipinski definition) is 5. The van der Waals surface area contributed by atoms with Crippen molar-refractivity contribution in [3.8, 4) is 0 Å². The normalized spacial score (nSPS) is 19.1. The third-order valence-electron chi connectivity index (χ3n) is 3.73. The van der Waals surface area contributed by atoms with Crippen molar-refractivity contribution in [3.63, 3.8) is 0 Å². The third kappa shape index (κ3) is 5.73. The Balaban J connectivity index is 1.56. The first-order chi connectivity index (χ1) is 10.6. The van der Waals surface area contributed by atoms with E-state index in [2.05, 4.69) is 10.1 Å². The minimum atomic E-state index is -0.418. The van der Waals surface area contributed by atoms with Crippen molar-refractivity contribution in [2.45, 2.75) is 45.8 Å². The lowest BCUT2D eigenvalue weighted by Crippen LogP contribution is -2.39. The summed E-state index contributed by atoms with van der Waals surface area (Å²) in [5, 5.41) is 4.14. The van der Waals surface area contributed by atoms with Crippen molar-refractivity contribution in [3.05, 3.63) is 30.1 Å². The van der Waals surface area contributed by atoms with Crippen molar-refractivity contribution in [2.24, 2.45) is 11.1 Å². The number of oxime groups is 1. The van der Waals surface area contributed by atoms with Gasteiger partial charge >= 0.3 is 0 Å². The van der Waals surface area contributed by atoms with Gasteiger partial charge in [0.1, 0.15) is 6.61 Å². The molecule has 0 aliphatic carbocycles. The van der Waals surface area contributed by atoms with Crippen molar-refractivity contribution in [1.82, 2.24) is 4.98 Å². The van der Waals surface area contributed by atoms with E-state index in [1.54, 1.807) is 12.4 Å². The van der Waals surface area contributed by atoms with Crippen LogP contribution in [0.15, 0.2) is 29.7 Å². The lowest BCUT2D eigenvalue weighted by molar-refractivity contribution is -0.262. The number of pyridine rings is 1. The summed E-state index contributed by atoms with van der Waals surface area (Å²) >= 11 is 0. The highest BCUT2D eigenvalue weighted by molar-refractivity contribution is 5.98. The van der Waals surface area contributed by atoms with Crippen LogP contribution in [0.25, 0.3) is 0 Å². The third-order valence-corrected chi connectivity index (χ3v) is 3.73. The maximum atomic E-state index is 5.66. The van der Waals surface area contributed by atoms with Gasteiger partial charge in [0.2, 0.25) is 0 Å². The predicted octanol–water partition coefficient (Wildman–Crippen LogP) is 3.39. The van der Waals surface area contributed by atoms with Crippen LogP contribution < -0.4 is 0 Å². The van der Waals surface area contributed by atoms with Gasteiger partial charge in [-0.25, -0.2) is 0 Å². The second kappa shape index (κ2) is 8.25. The first-order valence-electron chi connectivity index (χ1n) is 7.92. The van der Waals surface area contributed by atoms with Crippen molar-refractivity contribution in [1.29, 1.82) is 0 Å². The van der Waals surface area contributed by atoms with Crippen LogP contribution in [-0.2, 0) is 14.3 Å². The average molecular weight is 306 g/mol. The van der Waals surface area contributed by atoms with E-state index in [1.165, 1.54) is 0 Å². The standard InChI is InChI=1S/C17H26N2O3/c1-14(16-7-9-18-10-8-16)19-22-11-5-4-6-15-12-20-17(2,3)21-13-15/h7-10,15H,4-6,11-13H2,1-3H3. The number of nitrogens with zero attached hydrogens (tertiary/aromatic N) is 2. The zero-order valence-corrected chi connectivity index (χ0v) is 13.7. The molecule has 1 aliphatic heterocycles. The van der Waals surface area contributed by atoms with Crippen LogP contribution in [0.2, 0.25) is 0 Å². The molecule has 2 heterocycles. The summed E-state index contributed by atoms with van der Waals surface area (Å²) < 4.78 is 11.3. The van der Waals surface area contributed by atoms with E-state index >= 15 is 0 Å². The molecule has 0 bridgehead atoms. The highest BCUT2D eigenvalue weighted by atomic mass is 16.7. The SMILES string of the molecule is CC(=NOCCCCC1COC(C)(C)OC1)c1ccncc1. The second-order valence-corrected chi connectivity index (χ2v) is 6.13. The van der Waals surface area contributed by atoms with Gasteiger partial charge in [0, 0.05) is 23.9 Å². The quantitative estimate of drug-likeness (QED) is 0.440. The minimum absolute atomic E-state index is 0.418. The highest BCUT2D eigenvalue weighted by Crippen LogP contribution is 2.23.